The van der Waals surface area contributed by atoms with Gasteiger partial charge in [-0.05, 0) is 36.8 Å². The Morgan fingerprint density at radius 3 is 2.94 bits per heavy atom. The predicted octanol–water partition coefficient (Wildman–Crippen LogP) is 2.50. The van der Waals surface area contributed by atoms with Gasteiger partial charge in [-0.25, -0.2) is 0 Å². The van der Waals surface area contributed by atoms with E-state index >= 15 is 0 Å². The minimum Gasteiger partial charge on any atom is -0.495 e. The summed E-state index contributed by atoms with van der Waals surface area (Å²) in [7, 11) is 1.66. The van der Waals surface area contributed by atoms with E-state index in [0.29, 0.717) is 5.92 Å². The van der Waals surface area contributed by atoms with E-state index in [4.69, 9.17) is 4.74 Å². The Hall–Kier alpha value is -1.09. The van der Waals surface area contributed by atoms with E-state index < -0.39 is 0 Å². The van der Waals surface area contributed by atoms with Crippen molar-refractivity contribution < 1.29 is 9.84 Å². The van der Waals surface area contributed by atoms with Gasteiger partial charge in [-0.15, -0.1) is 0 Å². The molecule has 3 nitrogen and oxygen atoms in total. The van der Waals surface area contributed by atoms with Gasteiger partial charge in [0.15, 0.2) is 0 Å². The van der Waals surface area contributed by atoms with Crippen LogP contribution in [0.25, 0.3) is 0 Å². The second kappa shape index (κ2) is 5.30. The van der Waals surface area contributed by atoms with Crippen LogP contribution in [-0.4, -0.2) is 23.3 Å². The first-order chi connectivity index (χ1) is 7.79. The molecule has 0 bridgehead atoms. The number of hydrogen-bond acceptors (Lipinski definition) is 3. The molecule has 1 saturated carbocycles. The molecule has 1 aromatic heterocycles. The molecule has 0 aromatic carbocycles. The van der Waals surface area contributed by atoms with Gasteiger partial charge in [0, 0.05) is 6.20 Å². The van der Waals surface area contributed by atoms with Crippen molar-refractivity contribution in [3.05, 3.63) is 24.0 Å². The summed E-state index contributed by atoms with van der Waals surface area (Å²) in [6, 6.07) is 2.04. The molecule has 0 amide bonds. The average Bonchev–Trinajstić information content (AvgIpc) is 2.54. The largest absolute Gasteiger partial charge is 0.495 e. The van der Waals surface area contributed by atoms with Gasteiger partial charge in [-0.2, -0.15) is 0 Å². The van der Waals surface area contributed by atoms with Gasteiger partial charge in [0.05, 0.1) is 19.4 Å². The fraction of sp³-hybridized carbons (Fsp3) is 0.615. The SMILES string of the molecule is COc1cncc(C2CCCCC(O)C2)c1. The number of nitrogens with zero attached hydrogens (tertiary/aromatic N) is 1. The molecule has 2 unspecified atom stereocenters. The quantitative estimate of drug-likeness (QED) is 0.780. The maximum atomic E-state index is 9.80. The number of pyridine rings is 1. The zero-order chi connectivity index (χ0) is 11.4. The molecule has 0 saturated heterocycles. The zero-order valence-corrected chi connectivity index (χ0v) is 9.72. The maximum absolute atomic E-state index is 9.80. The molecule has 88 valence electrons. The molecule has 1 aromatic rings. The minimum atomic E-state index is -0.154. The fourth-order valence-electron chi connectivity index (χ4n) is 2.41. The summed E-state index contributed by atoms with van der Waals surface area (Å²) in [5.41, 5.74) is 1.19. The van der Waals surface area contributed by atoms with Crippen molar-refractivity contribution in [3.8, 4) is 5.75 Å². The lowest BCUT2D eigenvalue weighted by Crippen LogP contribution is -2.09. The summed E-state index contributed by atoms with van der Waals surface area (Å²) in [6.07, 6.45) is 8.73. The molecule has 16 heavy (non-hydrogen) atoms. The Balaban J connectivity index is 2.14. The van der Waals surface area contributed by atoms with Crippen molar-refractivity contribution in [2.45, 2.75) is 44.1 Å². The number of aliphatic hydroxyl groups excluding tert-OH is 1. The van der Waals surface area contributed by atoms with Crippen LogP contribution in [-0.2, 0) is 0 Å². The molecule has 0 aliphatic heterocycles. The predicted molar refractivity (Wildman–Crippen MR) is 62.6 cm³/mol. The van der Waals surface area contributed by atoms with Crippen LogP contribution in [0.15, 0.2) is 18.5 Å². The first-order valence-electron chi connectivity index (χ1n) is 5.96. The van der Waals surface area contributed by atoms with Crippen LogP contribution in [0.4, 0.5) is 0 Å². The monoisotopic (exact) mass is 221 g/mol. The lowest BCUT2D eigenvalue weighted by atomic mass is 9.92. The highest BCUT2D eigenvalue weighted by Crippen LogP contribution is 2.32. The van der Waals surface area contributed by atoms with Crippen molar-refractivity contribution >= 4 is 0 Å². The average molecular weight is 221 g/mol. The van der Waals surface area contributed by atoms with E-state index in [-0.39, 0.29) is 6.10 Å². The second-order valence-corrected chi connectivity index (χ2v) is 4.53. The third-order valence-electron chi connectivity index (χ3n) is 3.34. The number of aliphatic hydroxyl groups is 1. The van der Waals surface area contributed by atoms with E-state index in [0.717, 1.165) is 31.4 Å². The molecule has 2 rings (SSSR count). The van der Waals surface area contributed by atoms with Crippen LogP contribution in [0.1, 0.15) is 43.6 Å². The van der Waals surface area contributed by atoms with Gasteiger partial charge in [0.1, 0.15) is 5.75 Å². The number of aromatic nitrogens is 1. The molecule has 3 heteroatoms. The molecule has 1 aliphatic rings. The third-order valence-corrected chi connectivity index (χ3v) is 3.34. The molecule has 0 spiro atoms. The van der Waals surface area contributed by atoms with Crippen molar-refractivity contribution in [2.75, 3.05) is 7.11 Å². The number of methoxy groups -OCH3 is 1. The van der Waals surface area contributed by atoms with Gasteiger partial charge < -0.3 is 9.84 Å². The summed E-state index contributed by atoms with van der Waals surface area (Å²) in [5, 5.41) is 9.80. The van der Waals surface area contributed by atoms with Crippen LogP contribution in [0.3, 0.4) is 0 Å². The Morgan fingerprint density at radius 2 is 2.12 bits per heavy atom. The molecular weight excluding hydrogens is 202 g/mol. The van der Waals surface area contributed by atoms with Crippen molar-refractivity contribution in [3.63, 3.8) is 0 Å². The standard InChI is InChI=1S/C13H19NO2/c1-16-13-7-11(8-14-9-13)10-4-2-3-5-12(15)6-10/h7-10,12,15H,2-6H2,1H3. The van der Waals surface area contributed by atoms with Crippen molar-refractivity contribution in [1.29, 1.82) is 0 Å². The smallest absolute Gasteiger partial charge is 0.137 e. The fourth-order valence-corrected chi connectivity index (χ4v) is 2.41. The number of rotatable bonds is 2. The van der Waals surface area contributed by atoms with Crippen LogP contribution in [0.5, 0.6) is 5.75 Å². The number of ether oxygens (including phenoxy) is 1. The van der Waals surface area contributed by atoms with Crippen LogP contribution in [0, 0.1) is 0 Å². The van der Waals surface area contributed by atoms with E-state index in [9.17, 15) is 5.11 Å². The molecule has 1 fully saturated rings. The van der Waals surface area contributed by atoms with Gasteiger partial charge in [0.2, 0.25) is 0 Å². The van der Waals surface area contributed by atoms with Crippen LogP contribution < -0.4 is 4.74 Å². The van der Waals surface area contributed by atoms with Gasteiger partial charge in [0.25, 0.3) is 0 Å². The second-order valence-electron chi connectivity index (χ2n) is 4.53. The van der Waals surface area contributed by atoms with Gasteiger partial charge in [-0.1, -0.05) is 12.8 Å². The lowest BCUT2D eigenvalue weighted by Gasteiger charge is -2.16. The van der Waals surface area contributed by atoms with Crippen molar-refractivity contribution in [1.82, 2.24) is 4.98 Å². The zero-order valence-electron chi connectivity index (χ0n) is 9.72. The highest BCUT2D eigenvalue weighted by molar-refractivity contribution is 5.26. The van der Waals surface area contributed by atoms with E-state index in [1.165, 1.54) is 12.0 Å². The topological polar surface area (TPSA) is 42.4 Å². The van der Waals surface area contributed by atoms with Crippen LogP contribution in [0.2, 0.25) is 0 Å². The highest BCUT2D eigenvalue weighted by Gasteiger charge is 2.20. The Bertz CT molecular complexity index is 340. The first-order valence-corrected chi connectivity index (χ1v) is 5.96. The van der Waals surface area contributed by atoms with E-state index in [1.807, 2.05) is 12.3 Å². The van der Waals surface area contributed by atoms with Crippen molar-refractivity contribution in [2.24, 2.45) is 0 Å². The van der Waals surface area contributed by atoms with Gasteiger partial charge >= 0.3 is 0 Å². The van der Waals surface area contributed by atoms with E-state index in [1.54, 1.807) is 13.3 Å². The Kier molecular flexibility index (Phi) is 3.78. The molecule has 1 N–H and O–H groups in total. The maximum Gasteiger partial charge on any atom is 0.137 e. The van der Waals surface area contributed by atoms with Crippen LogP contribution >= 0.6 is 0 Å². The highest BCUT2D eigenvalue weighted by atomic mass is 16.5. The summed E-state index contributed by atoms with van der Waals surface area (Å²) in [4.78, 5) is 4.18. The van der Waals surface area contributed by atoms with E-state index in [2.05, 4.69) is 4.98 Å². The summed E-state index contributed by atoms with van der Waals surface area (Å²) in [5.74, 6) is 1.23. The molecule has 2 atom stereocenters. The summed E-state index contributed by atoms with van der Waals surface area (Å²) >= 11 is 0. The molecule has 1 heterocycles. The Labute approximate surface area is 96.5 Å². The first kappa shape index (κ1) is 11.4. The summed E-state index contributed by atoms with van der Waals surface area (Å²) < 4.78 is 5.18. The summed E-state index contributed by atoms with van der Waals surface area (Å²) in [6.45, 7) is 0. The molecular formula is C13H19NO2. The molecule has 0 radical (unpaired) electrons. The normalized spacial score (nSPS) is 26.1. The molecule has 1 aliphatic carbocycles. The third kappa shape index (κ3) is 2.73. The van der Waals surface area contributed by atoms with Gasteiger partial charge in [-0.3, -0.25) is 4.98 Å². The Morgan fingerprint density at radius 1 is 1.31 bits per heavy atom. The lowest BCUT2D eigenvalue weighted by molar-refractivity contribution is 0.152. The number of hydrogen-bond donors (Lipinski definition) is 1. The minimum absolute atomic E-state index is 0.154.